The van der Waals surface area contributed by atoms with Crippen molar-refractivity contribution in [2.24, 2.45) is 0 Å². The topological polar surface area (TPSA) is 117 Å². The number of hydrogen-bond donors (Lipinski definition) is 3. The Labute approximate surface area is 254 Å². The van der Waals surface area contributed by atoms with Gasteiger partial charge in [-0.25, -0.2) is 4.79 Å². The lowest BCUT2D eigenvalue weighted by atomic mass is 9.97. The molecule has 0 fully saturated rings. The Kier molecular flexibility index (Phi) is 11.6. The monoisotopic (exact) mass is 589 g/mol. The number of benzene rings is 3. The zero-order valence-electron chi connectivity index (χ0n) is 25.8. The summed E-state index contributed by atoms with van der Waals surface area (Å²) in [6.45, 7) is 9.17. The Morgan fingerprint density at radius 2 is 1.63 bits per heavy atom. The zero-order chi connectivity index (χ0) is 31.6. The van der Waals surface area contributed by atoms with E-state index in [1.54, 1.807) is 77.3 Å². The van der Waals surface area contributed by atoms with E-state index in [0.29, 0.717) is 23.4 Å². The normalized spacial score (nSPS) is 12.5. The van der Waals surface area contributed by atoms with Crippen LogP contribution in [0.3, 0.4) is 0 Å². The minimum absolute atomic E-state index is 0.0774. The van der Waals surface area contributed by atoms with Crippen LogP contribution in [-0.2, 0) is 20.7 Å². The van der Waals surface area contributed by atoms with Gasteiger partial charge in [0.2, 0.25) is 5.91 Å². The second-order valence-electron chi connectivity index (χ2n) is 11.4. The number of aromatic hydroxyl groups is 1. The first kappa shape index (κ1) is 33.0. The summed E-state index contributed by atoms with van der Waals surface area (Å²) in [6.07, 6.45) is 0.776. The highest BCUT2D eigenvalue weighted by molar-refractivity contribution is 5.99. The second kappa shape index (κ2) is 15.1. The molecule has 0 aromatic heterocycles. The molecule has 0 spiro atoms. The van der Waals surface area contributed by atoms with Gasteiger partial charge in [-0.1, -0.05) is 61.9 Å². The van der Waals surface area contributed by atoms with Crippen LogP contribution in [0, 0.1) is 6.92 Å². The quantitative estimate of drug-likeness (QED) is 0.233. The molecular formula is C34H43N3O6. The van der Waals surface area contributed by atoms with Crippen molar-refractivity contribution < 1.29 is 29.0 Å². The number of ether oxygens (including phenoxy) is 2. The van der Waals surface area contributed by atoms with Crippen molar-refractivity contribution in [3.8, 4) is 11.5 Å². The molecule has 0 aliphatic carbocycles. The third-order valence-corrected chi connectivity index (χ3v) is 6.79. The number of hydrogen-bond acceptors (Lipinski definition) is 6. The van der Waals surface area contributed by atoms with E-state index in [9.17, 15) is 19.5 Å². The van der Waals surface area contributed by atoms with E-state index in [2.05, 4.69) is 10.6 Å². The standard InChI is InChI=1S/C34H43N3O6/c1-7-8-21-37(32(40)28(22-24-14-10-9-11-15-24)36-33(41)43-34(3,4)5)29(27-16-12-13-23(2)30(27)38)31(39)35-25-17-19-26(42-6)20-18-25/h9-20,28-29,38H,7-8,21-22H2,1-6H3,(H,35,39)(H,36,41). The average molecular weight is 590 g/mol. The summed E-state index contributed by atoms with van der Waals surface area (Å²) in [5, 5.41) is 16.8. The summed E-state index contributed by atoms with van der Waals surface area (Å²) in [5.41, 5.74) is 1.39. The first-order valence-corrected chi connectivity index (χ1v) is 14.5. The SMILES string of the molecule is CCCCN(C(=O)C(Cc1ccccc1)NC(=O)OC(C)(C)C)C(C(=O)Nc1ccc(OC)cc1)c1cccc(C)c1O. The number of amides is 3. The molecular weight excluding hydrogens is 546 g/mol. The Balaban J connectivity index is 2.08. The third-order valence-electron chi connectivity index (χ3n) is 6.79. The lowest BCUT2D eigenvalue weighted by Gasteiger charge is -2.35. The number of alkyl carbamates (subject to hydrolysis) is 1. The highest BCUT2D eigenvalue weighted by atomic mass is 16.6. The van der Waals surface area contributed by atoms with Crippen LogP contribution in [0.2, 0.25) is 0 Å². The van der Waals surface area contributed by atoms with Crippen molar-refractivity contribution in [2.75, 3.05) is 19.0 Å². The molecule has 0 saturated heterocycles. The van der Waals surface area contributed by atoms with E-state index in [1.807, 2.05) is 37.3 Å². The fourth-order valence-corrected chi connectivity index (χ4v) is 4.63. The summed E-state index contributed by atoms with van der Waals surface area (Å²) in [6, 6.07) is 19.0. The summed E-state index contributed by atoms with van der Waals surface area (Å²) in [5.74, 6) is -0.431. The maximum atomic E-state index is 14.5. The highest BCUT2D eigenvalue weighted by Gasteiger charge is 2.37. The molecule has 0 heterocycles. The number of rotatable bonds is 12. The second-order valence-corrected chi connectivity index (χ2v) is 11.4. The lowest BCUT2D eigenvalue weighted by Crippen LogP contribution is -2.53. The number of methoxy groups -OCH3 is 1. The van der Waals surface area contributed by atoms with Crippen LogP contribution in [0.15, 0.2) is 72.8 Å². The lowest BCUT2D eigenvalue weighted by molar-refractivity contribution is -0.141. The fourth-order valence-electron chi connectivity index (χ4n) is 4.63. The van der Waals surface area contributed by atoms with E-state index < -0.39 is 35.6 Å². The molecule has 230 valence electrons. The number of phenols is 1. The molecule has 3 aromatic rings. The summed E-state index contributed by atoms with van der Waals surface area (Å²) in [4.78, 5) is 42.9. The van der Waals surface area contributed by atoms with Crippen molar-refractivity contribution >= 4 is 23.6 Å². The van der Waals surface area contributed by atoms with E-state index in [1.165, 1.54) is 4.90 Å². The predicted molar refractivity (Wildman–Crippen MR) is 167 cm³/mol. The van der Waals surface area contributed by atoms with Crippen molar-refractivity contribution in [3.05, 3.63) is 89.5 Å². The number of unbranched alkanes of at least 4 members (excludes halogenated alkanes) is 1. The van der Waals surface area contributed by atoms with Crippen LogP contribution in [0.25, 0.3) is 0 Å². The number of carbonyl (C=O) groups excluding carboxylic acids is 3. The summed E-state index contributed by atoms with van der Waals surface area (Å²) < 4.78 is 10.7. The van der Waals surface area contributed by atoms with Crippen LogP contribution < -0.4 is 15.4 Å². The Bertz CT molecular complexity index is 1370. The molecule has 0 radical (unpaired) electrons. The van der Waals surface area contributed by atoms with Gasteiger partial charge >= 0.3 is 6.09 Å². The van der Waals surface area contributed by atoms with Gasteiger partial charge in [0.15, 0.2) is 0 Å². The van der Waals surface area contributed by atoms with Crippen LogP contribution in [0.1, 0.15) is 63.3 Å². The molecule has 2 atom stereocenters. The molecule has 0 bridgehead atoms. The first-order valence-electron chi connectivity index (χ1n) is 14.5. The zero-order valence-corrected chi connectivity index (χ0v) is 25.8. The summed E-state index contributed by atoms with van der Waals surface area (Å²) in [7, 11) is 1.55. The number of anilines is 1. The van der Waals surface area contributed by atoms with E-state index in [0.717, 1.165) is 12.0 Å². The maximum Gasteiger partial charge on any atom is 0.408 e. The van der Waals surface area contributed by atoms with Gasteiger partial charge in [-0.3, -0.25) is 9.59 Å². The van der Waals surface area contributed by atoms with Crippen LogP contribution in [0.4, 0.5) is 10.5 Å². The molecule has 3 N–H and O–H groups in total. The number of phenolic OH excluding ortho intramolecular Hbond substituents is 1. The molecule has 3 rings (SSSR count). The molecule has 9 nitrogen and oxygen atoms in total. The number of para-hydroxylation sites is 1. The summed E-state index contributed by atoms with van der Waals surface area (Å²) >= 11 is 0. The van der Waals surface area contributed by atoms with Crippen LogP contribution in [0.5, 0.6) is 11.5 Å². The molecule has 43 heavy (non-hydrogen) atoms. The van der Waals surface area contributed by atoms with E-state index in [-0.39, 0.29) is 24.3 Å². The van der Waals surface area contributed by atoms with Gasteiger partial charge in [0, 0.05) is 24.2 Å². The van der Waals surface area contributed by atoms with E-state index in [4.69, 9.17) is 9.47 Å². The molecule has 2 unspecified atom stereocenters. The molecule has 9 heteroatoms. The highest BCUT2D eigenvalue weighted by Crippen LogP contribution is 2.33. The van der Waals surface area contributed by atoms with Gasteiger partial charge in [-0.2, -0.15) is 0 Å². The molecule has 0 aliphatic heterocycles. The molecule has 0 aliphatic rings. The van der Waals surface area contributed by atoms with Gasteiger partial charge < -0.3 is 30.1 Å². The van der Waals surface area contributed by atoms with Gasteiger partial charge in [0.25, 0.3) is 5.91 Å². The Hall–Kier alpha value is -4.53. The van der Waals surface area contributed by atoms with Gasteiger partial charge in [0.1, 0.15) is 29.2 Å². The molecule has 3 aromatic carbocycles. The number of aryl methyl sites for hydroxylation is 1. The predicted octanol–water partition coefficient (Wildman–Crippen LogP) is 6.15. The number of nitrogens with zero attached hydrogens (tertiary/aromatic N) is 1. The molecule has 0 saturated carbocycles. The van der Waals surface area contributed by atoms with Gasteiger partial charge in [-0.05, 0) is 69.5 Å². The van der Waals surface area contributed by atoms with Crippen molar-refractivity contribution in [3.63, 3.8) is 0 Å². The van der Waals surface area contributed by atoms with Crippen molar-refractivity contribution in [2.45, 2.75) is 71.6 Å². The van der Waals surface area contributed by atoms with Crippen LogP contribution in [-0.4, -0.2) is 53.2 Å². The largest absolute Gasteiger partial charge is 0.507 e. The fraction of sp³-hybridized carbons (Fsp3) is 0.382. The average Bonchev–Trinajstić information content (AvgIpc) is 2.96. The maximum absolute atomic E-state index is 14.5. The number of nitrogens with one attached hydrogen (secondary N) is 2. The molecule has 3 amide bonds. The van der Waals surface area contributed by atoms with Crippen molar-refractivity contribution in [1.82, 2.24) is 10.2 Å². The smallest absolute Gasteiger partial charge is 0.408 e. The Morgan fingerprint density at radius 1 is 0.953 bits per heavy atom. The van der Waals surface area contributed by atoms with E-state index >= 15 is 0 Å². The van der Waals surface area contributed by atoms with Crippen molar-refractivity contribution in [1.29, 1.82) is 0 Å². The van der Waals surface area contributed by atoms with Gasteiger partial charge in [-0.15, -0.1) is 0 Å². The minimum Gasteiger partial charge on any atom is -0.507 e. The minimum atomic E-state index is -1.19. The van der Waals surface area contributed by atoms with Crippen LogP contribution >= 0.6 is 0 Å². The van der Waals surface area contributed by atoms with Gasteiger partial charge in [0.05, 0.1) is 7.11 Å². The Morgan fingerprint density at radius 3 is 2.23 bits per heavy atom. The third kappa shape index (κ3) is 9.49. The number of carbonyl (C=O) groups is 3. The first-order chi connectivity index (χ1) is 20.4.